The predicted molar refractivity (Wildman–Crippen MR) is 94.4 cm³/mol. The average Bonchev–Trinajstić information content (AvgIpc) is 2.61. The molecule has 0 spiro atoms. The minimum atomic E-state index is -0.303. The van der Waals surface area contributed by atoms with Gasteiger partial charge in [0.05, 0.1) is 5.69 Å². The molecule has 1 aromatic heterocycles. The lowest BCUT2D eigenvalue weighted by Gasteiger charge is -2.16. The molecule has 2 aromatic rings. The van der Waals surface area contributed by atoms with Gasteiger partial charge in [0, 0.05) is 24.2 Å². The number of rotatable bonds is 8. The van der Waals surface area contributed by atoms with Crippen LogP contribution in [0.15, 0.2) is 47.3 Å². The van der Waals surface area contributed by atoms with Crippen molar-refractivity contribution in [2.45, 2.75) is 38.8 Å². The van der Waals surface area contributed by atoms with Crippen LogP contribution in [0.5, 0.6) is 0 Å². The van der Waals surface area contributed by atoms with Crippen molar-refractivity contribution >= 4 is 5.91 Å². The molecule has 0 aliphatic rings. The number of carbonyl (C=O) groups is 1. The highest BCUT2D eigenvalue weighted by molar-refractivity contribution is 5.76. The van der Waals surface area contributed by atoms with Crippen LogP contribution in [0.3, 0.4) is 0 Å². The van der Waals surface area contributed by atoms with Crippen molar-refractivity contribution in [3.63, 3.8) is 0 Å². The number of nitrogens with one attached hydrogen (secondary N) is 1. The van der Waals surface area contributed by atoms with Crippen molar-refractivity contribution in [2.75, 3.05) is 6.54 Å². The molecule has 0 bridgehead atoms. The van der Waals surface area contributed by atoms with Crippen molar-refractivity contribution < 1.29 is 4.79 Å². The number of nitrogens with zero attached hydrogens (tertiary/aromatic N) is 2. The molecule has 128 valence electrons. The number of hydrogen-bond acceptors (Lipinski definition) is 4. The van der Waals surface area contributed by atoms with Crippen molar-refractivity contribution in [2.24, 2.45) is 5.73 Å². The van der Waals surface area contributed by atoms with Gasteiger partial charge in [-0.25, -0.2) is 4.68 Å². The molecule has 24 heavy (non-hydrogen) atoms. The predicted octanol–water partition coefficient (Wildman–Crippen LogP) is 1.54. The second-order valence-corrected chi connectivity index (χ2v) is 5.72. The van der Waals surface area contributed by atoms with E-state index in [1.807, 2.05) is 30.3 Å². The molecule has 1 amide bonds. The van der Waals surface area contributed by atoms with Crippen LogP contribution < -0.4 is 16.6 Å². The summed E-state index contributed by atoms with van der Waals surface area (Å²) in [7, 11) is 0. The van der Waals surface area contributed by atoms with Gasteiger partial charge < -0.3 is 11.1 Å². The van der Waals surface area contributed by atoms with Crippen LogP contribution in [0, 0.1) is 0 Å². The molecule has 0 saturated carbocycles. The summed E-state index contributed by atoms with van der Waals surface area (Å²) < 4.78 is 1.19. The average molecular weight is 328 g/mol. The first-order valence-electron chi connectivity index (χ1n) is 8.27. The number of nitrogens with two attached hydrogens (primary N) is 1. The van der Waals surface area contributed by atoms with E-state index in [9.17, 15) is 9.59 Å². The van der Waals surface area contributed by atoms with Crippen molar-refractivity contribution in [1.82, 2.24) is 15.1 Å². The van der Waals surface area contributed by atoms with E-state index in [0.29, 0.717) is 12.2 Å². The molecule has 1 atom stereocenters. The van der Waals surface area contributed by atoms with E-state index < -0.39 is 0 Å². The summed E-state index contributed by atoms with van der Waals surface area (Å²) >= 11 is 0. The van der Waals surface area contributed by atoms with E-state index in [2.05, 4.69) is 17.3 Å². The molecule has 0 fully saturated rings. The zero-order valence-corrected chi connectivity index (χ0v) is 13.9. The highest BCUT2D eigenvalue weighted by Gasteiger charge is 2.12. The Kier molecular flexibility index (Phi) is 6.69. The monoisotopic (exact) mass is 328 g/mol. The van der Waals surface area contributed by atoms with Crippen LogP contribution in [0.4, 0.5) is 0 Å². The molecule has 1 unspecified atom stereocenters. The number of amides is 1. The number of benzene rings is 1. The standard InChI is InChI=1S/C18H24N4O2/c1-2-3-9-15(12-19)20-17(23)13-22-18(24)11-10-16(21-22)14-7-5-4-6-8-14/h4-8,10-11,15H,2-3,9,12-13,19H2,1H3,(H,20,23). The molecular weight excluding hydrogens is 304 g/mol. The van der Waals surface area contributed by atoms with Crippen molar-refractivity contribution in [3.8, 4) is 11.3 Å². The molecule has 0 aliphatic carbocycles. The number of aromatic nitrogens is 2. The summed E-state index contributed by atoms with van der Waals surface area (Å²) in [6.45, 7) is 2.37. The van der Waals surface area contributed by atoms with Crippen LogP contribution in [0.1, 0.15) is 26.2 Å². The van der Waals surface area contributed by atoms with E-state index >= 15 is 0 Å². The van der Waals surface area contributed by atoms with E-state index in [1.54, 1.807) is 6.07 Å². The SMILES string of the molecule is CCCCC(CN)NC(=O)Cn1nc(-c2ccccc2)ccc1=O. The first-order valence-corrected chi connectivity index (χ1v) is 8.27. The third-order valence-corrected chi connectivity index (χ3v) is 3.79. The minimum absolute atomic E-state index is 0.0644. The number of unbranched alkanes of at least 4 members (excludes halogenated alkanes) is 1. The van der Waals surface area contributed by atoms with E-state index in [4.69, 9.17) is 5.73 Å². The second-order valence-electron chi connectivity index (χ2n) is 5.72. The van der Waals surface area contributed by atoms with Gasteiger partial charge >= 0.3 is 0 Å². The molecule has 3 N–H and O–H groups in total. The Labute approximate surface area is 141 Å². The molecule has 6 heteroatoms. The normalized spacial score (nSPS) is 11.9. The molecule has 0 aliphatic heterocycles. The maximum Gasteiger partial charge on any atom is 0.267 e. The van der Waals surface area contributed by atoms with Gasteiger partial charge in [-0.3, -0.25) is 9.59 Å². The van der Waals surface area contributed by atoms with Gasteiger partial charge in [-0.15, -0.1) is 0 Å². The Morgan fingerprint density at radius 2 is 2.00 bits per heavy atom. The van der Waals surface area contributed by atoms with Gasteiger partial charge in [0.2, 0.25) is 5.91 Å². The Morgan fingerprint density at radius 1 is 1.25 bits per heavy atom. The van der Waals surface area contributed by atoms with Gasteiger partial charge in [-0.1, -0.05) is 50.1 Å². The first-order chi connectivity index (χ1) is 11.6. The Bertz CT molecular complexity index is 712. The maximum atomic E-state index is 12.2. The summed E-state index contributed by atoms with van der Waals surface area (Å²) in [5.41, 5.74) is 6.94. The van der Waals surface area contributed by atoms with E-state index in [-0.39, 0.29) is 24.1 Å². The quantitative estimate of drug-likeness (QED) is 0.769. The molecular formula is C18H24N4O2. The maximum absolute atomic E-state index is 12.2. The topological polar surface area (TPSA) is 90.0 Å². The Hall–Kier alpha value is -2.47. The number of carbonyl (C=O) groups excluding carboxylic acids is 1. The van der Waals surface area contributed by atoms with Gasteiger partial charge in [0.1, 0.15) is 6.54 Å². The molecule has 2 rings (SSSR count). The van der Waals surface area contributed by atoms with Crippen LogP contribution >= 0.6 is 0 Å². The Balaban J connectivity index is 2.09. The van der Waals surface area contributed by atoms with Crippen LogP contribution in [0.25, 0.3) is 11.3 Å². The second kappa shape index (κ2) is 8.98. The summed E-state index contributed by atoms with van der Waals surface area (Å²) in [6.07, 6.45) is 2.89. The van der Waals surface area contributed by atoms with Gasteiger partial charge in [-0.05, 0) is 12.5 Å². The van der Waals surface area contributed by atoms with Gasteiger partial charge in [0.25, 0.3) is 5.56 Å². The highest BCUT2D eigenvalue weighted by atomic mass is 16.2. The number of hydrogen-bond donors (Lipinski definition) is 2. The third kappa shape index (κ3) is 5.03. The minimum Gasteiger partial charge on any atom is -0.350 e. The molecule has 0 saturated heterocycles. The van der Waals surface area contributed by atoms with Crippen LogP contribution in [-0.2, 0) is 11.3 Å². The van der Waals surface area contributed by atoms with Gasteiger partial charge in [-0.2, -0.15) is 5.10 Å². The highest BCUT2D eigenvalue weighted by Crippen LogP contribution is 2.13. The smallest absolute Gasteiger partial charge is 0.267 e. The summed E-state index contributed by atoms with van der Waals surface area (Å²) in [6, 6.07) is 12.6. The lowest BCUT2D eigenvalue weighted by atomic mass is 10.1. The fourth-order valence-corrected chi connectivity index (χ4v) is 2.43. The zero-order valence-electron chi connectivity index (χ0n) is 13.9. The summed E-state index contributed by atoms with van der Waals surface area (Å²) in [5.74, 6) is -0.249. The van der Waals surface area contributed by atoms with Crippen LogP contribution in [-0.4, -0.2) is 28.3 Å². The summed E-state index contributed by atoms with van der Waals surface area (Å²) in [5, 5.41) is 7.16. The fourth-order valence-electron chi connectivity index (χ4n) is 2.43. The van der Waals surface area contributed by atoms with Crippen molar-refractivity contribution in [1.29, 1.82) is 0 Å². The molecule has 1 aromatic carbocycles. The Morgan fingerprint density at radius 3 is 2.67 bits per heavy atom. The summed E-state index contributed by atoms with van der Waals surface area (Å²) in [4.78, 5) is 24.1. The van der Waals surface area contributed by atoms with Gasteiger partial charge in [0.15, 0.2) is 0 Å². The largest absolute Gasteiger partial charge is 0.350 e. The molecule has 6 nitrogen and oxygen atoms in total. The fraction of sp³-hybridized carbons (Fsp3) is 0.389. The molecule has 0 radical (unpaired) electrons. The van der Waals surface area contributed by atoms with Crippen LogP contribution in [0.2, 0.25) is 0 Å². The third-order valence-electron chi connectivity index (χ3n) is 3.79. The first kappa shape index (κ1) is 17.9. The lowest BCUT2D eigenvalue weighted by molar-refractivity contribution is -0.122. The van der Waals surface area contributed by atoms with Crippen molar-refractivity contribution in [3.05, 3.63) is 52.8 Å². The zero-order chi connectivity index (χ0) is 17.4. The van der Waals surface area contributed by atoms with E-state index in [1.165, 1.54) is 10.7 Å². The lowest BCUT2D eigenvalue weighted by Crippen LogP contribution is -2.43. The molecule has 1 heterocycles. The van der Waals surface area contributed by atoms with E-state index in [0.717, 1.165) is 24.8 Å².